The molecule has 0 saturated heterocycles. The normalized spacial score (nSPS) is 16.0. The smallest absolute Gasteiger partial charge is 0.328 e. The number of aromatic nitrogens is 1. The molecule has 0 bridgehead atoms. The number of carboxylic acid groups (broad SMARTS) is 1. The van der Waals surface area contributed by atoms with Gasteiger partial charge in [0.05, 0.1) is 32.0 Å². The number of benzene rings is 2. The van der Waals surface area contributed by atoms with Crippen LogP contribution in [0.4, 0.5) is 0 Å². The van der Waals surface area contributed by atoms with Crippen LogP contribution in [0.5, 0.6) is 0 Å². The third-order valence-corrected chi connectivity index (χ3v) is 12.0. The van der Waals surface area contributed by atoms with Gasteiger partial charge in [-0.15, -0.1) is 0 Å². The molecule has 27 heteroatoms. The van der Waals surface area contributed by atoms with E-state index in [9.17, 15) is 68.1 Å². The van der Waals surface area contributed by atoms with E-state index in [0.29, 0.717) is 22.2 Å². The molecule has 1 unspecified atom stereocenters. The number of nitrogens with one attached hydrogen (secondary N) is 8. The van der Waals surface area contributed by atoms with Gasteiger partial charge in [0.25, 0.3) is 0 Å². The van der Waals surface area contributed by atoms with E-state index in [1.807, 2.05) is 35.6 Å². The van der Waals surface area contributed by atoms with E-state index in [1.54, 1.807) is 44.3 Å². The van der Waals surface area contributed by atoms with E-state index in [2.05, 4.69) is 41.1 Å². The minimum Gasteiger partial charge on any atom is -0.480 e. The number of rotatable bonds is 30. The maximum absolute atomic E-state index is 14.2. The molecule has 0 radical (unpaired) electrons. The summed E-state index contributed by atoms with van der Waals surface area (Å²) < 4.78 is 24.0. The highest BCUT2D eigenvalue weighted by molar-refractivity contribution is 7.98. The Morgan fingerprint density at radius 1 is 0.662 bits per heavy atom. The third-order valence-electron chi connectivity index (χ3n) is 10.6. The second kappa shape index (κ2) is 29.3. The number of fused-ring (bicyclic) bond motifs is 1. The van der Waals surface area contributed by atoms with Crippen LogP contribution in [-0.4, -0.2) is 173 Å². The molecular weight excluding hydrogens is 975 g/mol. The lowest BCUT2D eigenvalue weighted by atomic mass is 10.0. The fourth-order valence-corrected chi connectivity index (χ4v) is 7.94. The summed E-state index contributed by atoms with van der Waals surface area (Å²) in [5, 5.41) is 67.2. The van der Waals surface area contributed by atoms with Crippen LogP contribution in [-0.2, 0) is 66.1 Å². The van der Waals surface area contributed by atoms with Crippen molar-refractivity contribution in [1.29, 1.82) is 0 Å². The molecule has 1 aromatic heterocycles. The predicted molar refractivity (Wildman–Crippen MR) is 257 cm³/mol. The molecule has 25 nitrogen and oxygen atoms in total. The first-order valence-corrected chi connectivity index (χ1v) is 24.3. The zero-order chi connectivity index (χ0) is 52.9. The SMILES string of the molecule is CC(C)C[C@H](NC(=O)[C@@H](N)[C@@H](C)O)C(=O)N[C@@H](CSCc1ccccc1)C(=O)N[C@H](C(=O)N[C@@H](Cc1c[nH]c2ccccc12)C(=O)N[C@@H](CO)C(=O)N[C@@H](CO)C(=O)N[C@@H](COS(=O)O)C(=O)O)[C@@H](C)O. The lowest BCUT2D eigenvalue weighted by Gasteiger charge is -2.28. The Bertz CT molecular complexity index is 2300. The number of para-hydroxylation sites is 1. The highest BCUT2D eigenvalue weighted by Crippen LogP contribution is 2.20. The summed E-state index contributed by atoms with van der Waals surface area (Å²) >= 11 is -1.65. The van der Waals surface area contributed by atoms with Crippen LogP contribution in [0.3, 0.4) is 0 Å². The van der Waals surface area contributed by atoms with E-state index < -0.39 is 139 Å². The van der Waals surface area contributed by atoms with Gasteiger partial charge in [-0.1, -0.05) is 62.4 Å². The van der Waals surface area contributed by atoms with Gasteiger partial charge in [0.1, 0.15) is 42.3 Å². The number of nitrogens with two attached hydrogens (primary N) is 1. The molecule has 0 saturated carbocycles. The van der Waals surface area contributed by atoms with E-state index in [4.69, 9.17) is 10.3 Å². The number of aliphatic hydroxyl groups is 4. The zero-order valence-electron chi connectivity index (χ0n) is 39.2. The number of carboxylic acids is 1. The van der Waals surface area contributed by atoms with E-state index in [1.165, 1.54) is 25.6 Å². The van der Waals surface area contributed by atoms with E-state index >= 15 is 0 Å². The maximum Gasteiger partial charge on any atom is 0.328 e. The Balaban J connectivity index is 1.91. The van der Waals surface area contributed by atoms with Crippen LogP contribution in [0.1, 0.15) is 45.2 Å². The van der Waals surface area contributed by atoms with Gasteiger partial charge in [0, 0.05) is 35.0 Å². The summed E-state index contributed by atoms with van der Waals surface area (Å²) in [5.74, 6) is -8.87. The molecule has 16 N–H and O–H groups in total. The van der Waals surface area contributed by atoms with Crippen molar-refractivity contribution in [1.82, 2.24) is 42.2 Å². The average molecular weight is 1040 g/mol. The zero-order valence-corrected chi connectivity index (χ0v) is 40.9. The Hall–Kier alpha value is -6.04. The summed E-state index contributed by atoms with van der Waals surface area (Å²) in [4.78, 5) is 110. The average Bonchev–Trinajstić information content (AvgIpc) is 3.73. The summed E-state index contributed by atoms with van der Waals surface area (Å²) in [5.41, 5.74) is 7.82. The number of hydrogen-bond donors (Lipinski definition) is 15. The van der Waals surface area contributed by atoms with Crippen LogP contribution in [0.2, 0.25) is 0 Å². The van der Waals surface area contributed by atoms with Crippen molar-refractivity contribution in [3.8, 4) is 0 Å². The summed E-state index contributed by atoms with van der Waals surface area (Å²) in [6, 6.07) is 2.98. The van der Waals surface area contributed by atoms with Crippen molar-refractivity contribution in [3.05, 3.63) is 71.9 Å². The monoisotopic (exact) mass is 1040 g/mol. The molecule has 7 amide bonds. The molecule has 3 rings (SSSR count). The van der Waals surface area contributed by atoms with Crippen LogP contribution in [0.15, 0.2) is 60.8 Å². The van der Waals surface area contributed by atoms with Crippen molar-refractivity contribution in [2.24, 2.45) is 11.7 Å². The minimum atomic E-state index is -2.90. The van der Waals surface area contributed by atoms with Gasteiger partial charge >= 0.3 is 17.3 Å². The van der Waals surface area contributed by atoms with Crippen molar-refractivity contribution >= 4 is 81.3 Å². The highest BCUT2D eigenvalue weighted by Gasteiger charge is 2.36. The van der Waals surface area contributed by atoms with Gasteiger partial charge in [0.2, 0.25) is 41.4 Å². The van der Waals surface area contributed by atoms with Crippen LogP contribution in [0.25, 0.3) is 10.9 Å². The predicted octanol–water partition coefficient (Wildman–Crippen LogP) is -3.61. The topological polar surface area (TPSA) is 410 Å². The number of aliphatic carboxylic acids is 1. The molecule has 3 aromatic rings. The fraction of sp³-hybridized carbons (Fsp3) is 0.500. The maximum atomic E-state index is 14.2. The molecule has 1 heterocycles. The summed E-state index contributed by atoms with van der Waals surface area (Å²) in [7, 11) is 0. The number of thioether (sulfide) groups is 1. The van der Waals surface area contributed by atoms with Gasteiger partial charge in [-0.05, 0) is 43.4 Å². The second-order valence-corrected chi connectivity index (χ2v) is 18.5. The number of aromatic amines is 1. The van der Waals surface area contributed by atoms with Gasteiger partial charge in [0.15, 0.2) is 6.04 Å². The molecule has 0 aliphatic rings. The lowest BCUT2D eigenvalue weighted by Crippen LogP contribution is -2.63. The van der Waals surface area contributed by atoms with Crippen LogP contribution in [0, 0.1) is 5.92 Å². The van der Waals surface area contributed by atoms with Crippen molar-refractivity contribution < 1.29 is 76.8 Å². The molecule has 11 atom stereocenters. The number of amides is 7. The Kier molecular flexibility index (Phi) is 24.5. The first-order chi connectivity index (χ1) is 33.6. The number of carbonyl (C=O) groups is 8. The number of hydrogen-bond acceptors (Lipinski definition) is 16. The minimum absolute atomic E-state index is 0.0778. The lowest BCUT2D eigenvalue weighted by molar-refractivity contribution is -0.143. The second-order valence-electron chi connectivity index (χ2n) is 16.8. The van der Waals surface area contributed by atoms with E-state index in [0.717, 1.165) is 5.56 Å². The first kappa shape index (κ1) is 59.3. The Morgan fingerprint density at radius 2 is 1.17 bits per heavy atom. The molecular formula is C44H63N9O16S2. The third kappa shape index (κ3) is 19.2. The van der Waals surface area contributed by atoms with Crippen LogP contribution >= 0.6 is 11.8 Å². The molecule has 71 heavy (non-hydrogen) atoms. The molecule has 392 valence electrons. The summed E-state index contributed by atoms with van der Waals surface area (Å²) in [6.45, 7) is 2.83. The first-order valence-electron chi connectivity index (χ1n) is 22.2. The van der Waals surface area contributed by atoms with Crippen molar-refractivity contribution in [3.63, 3.8) is 0 Å². The van der Waals surface area contributed by atoms with Gasteiger partial charge < -0.3 is 73.5 Å². The number of carbonyl (C=O) groups excluding carboxylic acids is 7. The molecule has 0 aliphatic heterocycles. The van der Waals surface area contributed by atoms with Crippen molar-refractivity contribution in [2.45, 2.75) is 107 Å². The highest BCUT2D eigenvalue weighted by atomic mass is 32.2. The Labute approximate surface area is 415 Å². The Morgan fingerprint density at radius 3 is 1.72 bits per heavy atom. The van der Waals surface area contributed by atoms with Gasteiger partial charge in [-0.25, -0.2) is 4.79 Å². The number of H-pyrrole nitrogens is 1. The number of aliphatic hydroxyl groups excluding tert-OH is 4. The van der Waals surface area contributed by atoms with Crippen LogP contribution < -0.4 is 43.0 Å². The molecule has 0 aliphatic carbocycles. The standard InChI is InChI=1S/C44H63N9O16S2/c1-22(2)14-29(47-42(63)35(45)23(3)56)37(58)52-34(21-70-20-25-10-6-5-7-11-25)41(62)53-36(24(4)57)43(64)48-30(15-26-16-46-28-13-9-8-12-27(26)28)38(59)49-31(17-54)39(60)50-32(18-55)40(61)51-33(44(65)66)19-69-71(67)68/h5-13,16,22-24,29-36,46,54-57H,14-15,17-21,45H2,1-4H3,(H,47,63)(H,48,64)(H,49,59)(H,50,60)(H,51,61)(H,52,58)(H,53,62)(H,65,66)(H,67,68)/t23-,24-,29+,30+,31+,32+,33+,34+,35+,36+/m1/s1. The summed E-state index contributed by atoms with van der Waals surface area (Å²) in [6.07, 6.45) is -1.54. The fourth-order valence-electron chi connectivity index (χ4n) is 6.67. The molecule has 2 aromatic carbocycles. The van der Waals surface area contributed by atoms with Gasteiger partial charge in [-0.2, -0.15) is 16.0 Å². The molecule has 0 spiro atoms. The van der Waals surface area contributed by atoms with Gasteiger partial charge in [-0.3, -0.25) is 42.3 Å². The van der Waals surface area contributed by atoms with E-state index in [-0.39, 0.29) is 24.5 Å². The largest absolute Gasteiger partial charge is 0.480 e. The van der Waals surface area contributed by atoms with Crippen molar-refractivity contribution in [2.75, 3.05) is 25.6 Å². The quantitative estimate of drug-likeness (QED) is 0.0287. The molecule has 0 fully saturated rings.